The van der Waals surface area contributed by atoms with Crippen LogP contribution in [0.3, 0.4) is 0 Å². The van der Waals surface area contributed by atoms with Gasteiger partial charge in [-0.3, -0.25) is 0 Å². The van der Waals surface area contributed by atoms with Gasteiger partial charge in [0.1, 0.15) is 0 Å². The van der Waals surface area contributed by atoms with Gasteiger partial charge in [-0.2, -0.15) is 17.9 Å². The molecule has 1 heterocycles. The number of alkyl halides is 3. The SMILES string of the molecule is Cc1ccc(-c2cc(C(F)(F)F)n(C)[n+]2C)cc1.[Cl-]. The number of hydrogen-bond acceptors (Lipinski definition) is 0. The maximum atomic E-state index is 12.8. The molecule has 0 N–H and O–H groups in total. The van der Waals surface area contributed by atoms with Gasteiger partial charge >= 0.3 is 6.18 Å². The Balaban J connectivity index is 0.00000180. The third-order valence-electron chi connectivity index (χ3n) is 3.06. The van der Waals surface area contributed by atoms with E-state index in [1.54, 1.807) is 7.05 Å². The van der Waals surface area contributed by atoms with Crippen molar-refractivity contribution >= 4 is 0 Å². The van der Waals surface area contributed by atoms with E-state index in [-0.39, 0.29) is 12.4 Å². The molecule has 0 radical (unpaired) electrons. The number of nitrogens with zero attached hydrogens (tertiary/aromatic N) is 2. The molecule has 2 aromatic rings. The van der Waals surface area contributed by atoms with Crippen LogP contribution in [0.1, 0.15) is 11.3 Å². The summed E-state index contributed by atoms with van der Waals surface area (Å²) < 4.78 is 41.0. The molecule has 0 spiro atoms. The van der Waals surface area contributed by atoms with Gasteiger partial charge in [0.25, 0.3) is 0 Å². The van der Waals surface area contributed by atoms with E-state index in [0.29, 0.717) is 5.69 Å². The van der Waals surface area contributed by atoms with Crippen LogP contribution in [0.2, 0.25) is 0 Å². The topological polar surface area (TPSA) is 8.81 Å². The molecule has 2 nitrogen and oxygen atoms in total. The fourth-order valence-corrected chi connectivity index (χ4v) is 1.90. The van der Waals surface area contributed by atoms with E-state index in [0.717, 1.165) is 15.8 Å². The smallest absolute Gasteiger partial charge is 0.437 e. The summed E-state index contributed by atoms with van der Waals surface area (Å²) in [6, 6.07) is 8.59. The average Bonchev–Trinajstić information content (AvgIpc) is 2.57. The van der Waals surface area contributed by atoms with Crippen molar-refractivity contribution in [1.82, 2.24) is 4.68 Å². The molecule has 0 amide bonds. The normalized spacial score (nSPS) is 11.3. The van der Waals surface area contributed by atoms with Gasteiger partial charge in [0, 0.05) is 11.6 Å². The van der Waals surface area contributed by atoms with Gasteiger partial charge < -0.3 is 12.4 Å². The first-order chi connectivity index (χ1) is 8.30. The number of aromatic nitrogens is 2. The first-order valence-electron chi connectivity index (χ1n) is 5.51. The zero-order valence-electron chi connectivity index (χ0n) is 10.8. The Morgan fingerprint density at radius 2 is 1.63 bits per heavy atom. The molecule has 0 aliphatic carbocycles. The maximum Gasteiger partial charge on any atom is 0.437 e. The lowest BCUT2D eigenvalue weighted by Gasteiger charge is -2.03. The van der Waals surface area contributed by atoms with E-state index in [4.69, 9.17) is 0 Å². The number of rotatable bonds is 1. The summed E-state index contributed by atoms with van der Waals surface area (Å²) in [6.07, 6.45) is -4.34. The highest BCUT2D eigenvalue weighted by molar-refractivity contribution is 5.57. The second-order valence-electron chi connectivity index (χ2n) is 4.33. The Hall–Kier alpha value is -1.49. The van der Waals surface area contributed by atoms with Crippen molar-refractivity contribution in [1.29, 1.82) is 0 Å². The zero-order valence-corrected chi connectivity index (χ0v) is 11.5. The van der Waals surface area contributed by atoms with Crippen LogP contribution in [0, 0.1) is 6.92 Å². The Morgan fingerprint density at radius 3 is 2.05 bits per heavy atom. The molecule has 19 heavy (non-hydrogen) atoms. The number of benzene rings is 1. The van der Waals surface area contributed by atoms with Crippen LogP contribution in [-0.4, -0.2) is 4.68 Å². The molecule has 104 valence electrons. The maximum absolute atomic E-state index is 12.8. The summed E-state index contributed by atoms with van der Waals surface area (Å²) in [5, 5.41) is 0. The Labute approximate surface area is 115 Å². The Morgan fingerprint density at radius 1 is 1.11 bits per heavy atom. The van der Waals surface area contributed by atoms with Crippen molar-refractivity contribution in [2.75, 3.05) is 0 Å². The zero-order chi connectivity index (χ0) is 13.5. The van der Waals surface area contributed by atoms with Crippen LogP contribution >= 0.6 is 0 Å². The molecule has 6 heteroatoms. The first kappa shape index (κ1) is 15.6. The van der Waals surface area contributed by atoms with E-state index in [1.165, 1.54) is 17.8 Å². The highest BCUT2D eigenvalue weighted by atomic mass is 35.5. The number of aryl methyl sites for hydroxylation is 1. The van der Waals surface area contributed by atoms with Gasteiger partial charge in [0.2, 0.25) is 5.69 Å². The lowest BCUT2D eigenvalue weighted by Crippen LogP contribution is -3.00. The minimum atomic E-state index is -4.34. The molecule has 0 fully saturated rings. The van der Waals surface area contributed by atoms with Crippen molar-refractivity contribution in [3.8, 4) is 11.3 Å². The second kappa shape index (κ2) is 5.25. The molecule has 0 aliphatic rings. The minimum Gasteiger partial charge on any atom is -1.00 e. The summed E-state index contributed by atoms with van der Waals surface area (Å²) >= 11 is 0. The van der Waals surface area contributed by atoms with Crippen LogP contribution in [0.5, 0.6) is 0 Å². The molecule has 0 saturated heterocycles. The van der Waals surface area contributed by atoms with E-state index in [9.17, 15) is 13.2 Å². The predicted molar refractivity (Wildman–Crippen MR) is 61.8 cm³/mol. The highest BCUT2D eigenvalue weighted by Gasteiger charge is 2.39. The van der Waals surface area contributed by atoms with Gasteiger partial charge in [-0.1, -0.05) is 17.7 Å². The van der Waals surface area contributed by atoms with Gasteiger partial charge in [-0.25, -0.2) is 0 Å². The van der Waals surface area contributed by atoms with Crippen molar-refractivity contribution in [3.05, 3.63) is 41.6 Å². The lowest BCUT2D eigenvalue weighted by molar-refractivity contribution is -0.742. The van der Waals surface area contributed by atoms with Crippen molar-refractivity contribution in [2.45, 2.75) is 13.1 Å². The van der Waals surface area contributed by atoms with Crippen LogP contribution in [0.25, 0.3) is 11.3 Å². The third kappa shape index (κ3) is 2.92. The van der Waals surface area contributed by atoms with Crippen LogP contribution < -0.4 is 17.1 Å². The molecule has 1 aromatic heterocycles. The second-order valence-corrected chi connectivity index (χ2v) is 4.33. The van der Waals surface area contributed by atoms with Crippen LogP contribution in [-0.2, 0) is 20.3 Å². The fraction of sp³-hybridized carbons (Fsp3) is 0.308. The summed E-state index contributed by atoms with van der Waals surface area (Å²) in [6.45, 7) is 1.94. The minimum absolute atomic E-state index is 0. The Bertz CT molecular complexity index is 571. The van der Waals surface area contributed by atoms with Gasteiger partial charge in [0.05, 0.1) is 7.05 Å². The fourth-order valence-electron chi connectivity index (χ4n) is 1.90. The van der Waals surface area contributed by atoms with E-state index in [2.05, 4.69) is 0 Å². The third-order valence-corrected chi connectivity index (χ3v) is 3.06. The van der Waals surface area contributed by atoms with Gasteiger partial charge in [-0.05, 0) is 19.1 Å². The lowest BCUT2D eigenvalue weighted by atomic mass is 10.1. The number of halogens is 4. The van der Waals surface area contributed by atoms with Gasteiger partial charge in [-0.15, -0.1) is 4.68 Å². The van der Waals surface area contributed by atoms with Crippen molar-refractivity contribution in [2.24, 2.45) is 14.1 Å². The number of hydrogen-bond donors (Lipinski definition) is 0. The summed E-state index contributed by atoms with van der Waals surface area (Å²) in [5.41, 5.74) is 1.74. The Kier molecular flexibility index (Phi) is 4.30. The summed E-state index contributed by atoms with van der Waals surface area (Å²) in [4.78, 5) is 0. The molecule has 0 saturated carbocycles. The molecule has 2 rings (SSSR count). The quantitative estimate of drug-likeness (QED) is 0.646. The van der Waals surface area contributed by atoms with Gasteiger partial charge in [0.15, 0.2) is 12.7 Å². The van der Waals surface area contributed by atoms with Crippen LogP contribution in [0.15, 0.2) is 30.3 Å². The highest BCUT2D eigenvalue weighted by Crippen LogP contribution is 2.30. The molecular weight excluding hydrogens is 277 g/mol. The van der Waals surface area contributed by atoms with Crippen molar-refractivity contribution in [3.63, 3.8) is 0 Å². The summed E-state index contributed by atoms with van der Waals surface area (Å²) in [7, 11) is 3.02. The van der Waals surface area contributed by atoms with E-state index >= 15 is 0 Å². The van der Waals surface area contributed by atoms with Crippen LogP contribution in [0.4, 0.5) is 13.2 Å². The standard InChI is InChI=1S/C13H14F3N2.ClH/c1-9-4-6-10(7-5-9)11-8-12(13(14,15)16)18(3)17(11)2;/h4-8H,1-3H3;1H/q+1;/p-1. The molecule has 0 bridgehead atoms. The average molecular weight is 291 g/mol. The summed E-state index contributed by atoms with van der Waals surface area (Å²) in [5.74, 6) is 0. The molecule has 0 atom stereocenters. The largest absolute Gasteiger partial charge is 1.00 e. The molecule has 1 aromatic carbocycles. The molecule has 0 unspecified atom stereocenters. The van der Waals surface area contributed by atoms with Crippen molar-refractivity contribution < 1.29 is 30.3 Å². The predicted octanol–water partition coefficient (Wildman–Crippen LogP) is -0.152. The molecule has 0 aliphatic heterocycles. The first-order valence-corrected chi connectivity index (χ1v) is 5.51. The monoisotopic (exact) mass is 290 g/mol. The van der Waals surface area contributed by atoms with E-state index < -0.39 is 11.9 Å². The van der Waals surface area contributed by atoms with E-state index in [1.807, 2.05) is 31.2 Å². The molecular formula is C13H14ClF3N2.